The van der Waals surface area contributed by atoms with Crippen molar-refractivity contribution in [3.8, 4) is 11.3 Å². The highest BCUT2D eigenvalue weighted by Crippen LogP contribution is 2.23. The second kappa shape index (κ2) is 6.54. The highest BCUT2D eigenvalue weighted by atomic mass is 16.1. The van der Waals surface area contributed by atoms with Crippen LogP contribution in [0.5, 0.6) is 0 Å². The summed E-state index contributed by atoms with van der Waals surface area (Å²) < 4.78 is 2.02. The van der Waals surface area contributed by atoms with Gasteiger partial charge in [-0.2, -0.15) is 5.10 Å². The van der Waals surface area contributed by atoms with Gasteiger partial charge in [0.05, 0.1) is 17.9 Å². The minimum atomic E-state index is -0.0653. The average molecular weight is 286 g/mol. The summed E-state index contributed by atoms with van der Waals surface area (Å²) in [4.78, 5) is 13.3. The van der Waals surface area contributed by atoms with Crippen LogP contribution in [-0.4, -0.2) is 41.2 Å². The van der Waals surface area contributed by atoms with Gasteiger partial charge in [0.15, 0.2) is 0 Å². The molecule has 112 valence electrons. The minimum absolute atomic E-state index is 0.0653. The Labute approximate surface area is 125 Å². The maximum absolute atomic E-state index is 11.2. The zero-order valence-corrected chi connectivity index (χ0v) is 13.1. The molecule has 0 bridgehead atoms. The van der Waals surface area contributed by atoms with Crippen LogP contribution < -0.4 is 5.32 Å². The molecule has 0 fully saturated rings. The number of rotatable bonds is 5. The van der Waals surface area contributed by atoms with E-state index in [-0.39, 0.29) is 5.91 Å². The van der Waals surface area contributed by atoms with Crippen LogP contribution in [0.25, 0.3) is 11.3 Å². The van der Waals surface area contributed by atoms with Crippen LogP contribution in [0.4, 0.5) is 5.69 Å². The zero-order chi connectivity index (χ0) is 15.4. The number of nitrogens with one attached hydrogen (secondary N) is 1. The van der Waals surface area contributed by atoms with E-state index in [2.05, 4.69) is 21.4 Å². The third kappa shape index (κ3) is 4.16. The van der Waals surface area contributed by atoms with Gasteiger partial charge < -0.3 is 10.2 Å². The second-order valence-electron chi connectivity index (χ2n) is 5.46. The van der Waals surface area contributed by atoms with E-state index >= 15 is 0 Å². The number of hydrogen-bond acceptors (Lipinski definition) is 3. The van der Waals surface area contributed by atoms with Gasteiger partial charge in [0.2, 0.25) is 5.91 Å². The van der Waals surface area contributed by atoms with E-state index in [9.17, 15) is 4.79 Å². The Morgan fingerprint density at radius 3 is 2.76 bits per heavy atom. The van der Waals surface area contributed by atoms with Gasteiger partial charge in [0, 0.05) is 24.7 Å². The Kier molecular flexibility index (Phi) is 4.75. The Bertz CT molecular complexity index is 631. The van der Waals surface area contributed by atoms with Crippen molar-refractivity contribution in [2.45, 2.75) is 20.4 Å². The normalized spacial score (nSPS) is 10.9. The molecule has 0 aliphatic rings. The van der Waals surface area contributed by atoms with E-state index in [1.807, 2.05) is 50.0 Å². The fraction of sp³-hybridized carbons (Fsp3) is 0.375. The molecular formula is C16H22N4O. The quantitative estimate of drug-likeness (QED) is 0.918. The van der Waals surface area contributed by atoms with Crippen LogP contribution in [0, 0.1) is 6.92 Å². The molecule has 0 atom stereocenters. The number of carbonyl (C=O) groups is 1. The molecule has 1 N–H and O–H groups in total. The predicted molar refractivity (Wildman–Crippen MR) is 85.3 cm³/mol. The van der Waals surface area contributed by atoms with Crippen LogP contribution >= 0.6 is 0 Å². The molecule has 5 nitrogen and oxygen atoms in total. The van der Waals surface area contributed by atoms with Gasteiger partial charge in [0.25, 0.3) is 0 Å². The summed E-state index contributed by atoms with van der Waals surface area (Å²) in [5.74, 6) is -0.0653. The molecule has 0 aliphatic carbocycles. The largest absolute Gasteiger partial charge is 0.326 e. The molecule has 1 amide bonds. The number of carbonyl (C=O) groups excluding carboxylic acids is 1. The molecule has 0 aliphatic heterocycles. The maximum Gasteiger partial charge on any atom is 0.221 e. The summed E-state index contributed by atoms with van der Waals surface area (Å²) in [5, 5.41) is 7.37. The molecule has 2 rings (SSSR count). The van der Waals surface area contributed by atoms with Gasteiger partial charge in [0.1, 0.15) is 0 Å². The van der Waals surface area contributed by atoms with Gasteiger partial charge in [-0.3, -0.25) is 9.48 Å². The Morgan fingerprint density at radius 2 is 2.10 bits per heavy atom. The molecule has 1 aromatic carbocycles. The second-order valence-corrected chi connectivity index (χ2v) is 5.46. The van der Waals surface area contributed by atoms with Crippen LogP contribution in [0.3, 0.4) is 0 Å². The highest BCUT2D eigenvalue weighted by Gasteiger charge is 2.09. The molecular weight excluding hydrogens is 264 g/mol. The van der Waals surface area contributed by atoms with E-state index < -0.39 is 0 Å². The first kappa shape index (κ1) is 15.3. The van der Waals surface area contributed by atoms with Gasteiger partial charge in [-0.15, -0.1) is 0 Å². The van der Waals surface area contributed by atoms with E-state index in [0.717, 1.165) is 35.7 Å². The number of nitrogens with zero attached hydrogens (tertiary/aromatic N) is 3. The Balaban J connectivity index is 2.30. The first-order valence-corrected chi connectivity index (χ1v) is 7.03. The molecule has 2 aromatic rings. The van der Waals surface area contributed by atoms with Crippen molar-refractivity contribution in [3.63, 3.8) is 0 Å². The van der Waals surface area contributed by atoms with E-state index in [4.69, 9.17) is 0 Å². The topological polar surface area (TPSA) is 50.2 Å². The number of hydrogen-bond donors (Lipinski definition) is 1. The molecule has 0 spiro atoms. The van der Waals surface area contributed by atoms with Gasteiger partial charge in [-0.05, 0) is 39.2 Å². The summed E-state index contributed by atoms with van der Waals surface area (Å²) in [5.41, 5.74) is 3.92. The third-order valence-corrected chi connectivity index (χ3v) is 3.14. The van der Waals surface area contributed by atoms with Crippen molar-refractivity contribution >= 4 is 11.6 Å². The average Bonchev–Trinajstić information content (AvgIpc) is 2.77. The SMILES string of the molecule is CC(=O)Nc1cccc(-c2cc(C)nn2CCN(C)C)c1. The third-order valence-electron chi connectivity index (χ3n) is 3.14. The maximum atomic E-state index is 11.2. The Morgan fingerprint density at radius 1 is 1.33 bits per heavy atom. The smallest absolute Gasteiger partial charge is 0.221 e. The summed E-state index contributed by atoms with van der Waals surface area (Å²) in [6.07, 6.45) is 0. The van der Waals surface area contributed by atoms with Crippen molar-refractivity contribution < 1.29 is 4.79 Å². The minimum Gasteiger partial charge on any atom is -0.326 e. The fourth-order valence-electron chi connectivity index (χ4n) is 2.20. The fourth-order valence-corrected chi connectivity index (χ4v) is 2.20. The number of likely N-dealkylation sites (N-methyl/N-ethyl adjacent to an activating group) is 1. The first-order chi connectivity index (χ1) is 9.95. The predicted octanol–water partition coefficient (Wildman–Crippen LogP) is 2.38. The highest BCUT2D eigenvalue weighted by molar-refractivity contribution is 5.89. The van der Waals surface area contributed by atoms with Crippen LogP contribution in [0.2, 0.25) is 0 Å². The van der Waals surface area contributed by atoms with E-state index in [1.165, 1.54) is 6.92 Å². The van der Waals surface area contributed by atoms with Gasteiger partial charge in [-0.1, -0.05) is 12.1 Å². The molecule has 1 aromatic heterocycles. The number of amides is 1. The molecule has 0 radical (unpaired) electrons. The van der Waals surface area contributed by atoms with Crippen LogP contribution in [0.1, 0.15) is 12.6 Å². The van der Waals surface area contributed by atoms with Crippen molar-refractivity contribution in [1.82, 2.24) is 14.7 Å². The number of benzene rings is 1. The number of aryl methyl sites for hydroxylation is 1. The molecule has 21 heavy (non-hydrogen) atoms. The van der Waals surface area contributed by atoms with Gasteiger partial charge >= 0.3 is 0 Å². The number of anilines is 1. The standard InChI is InChI=1S/C16H22N4O/c1-12-10-16(20(18-12)9-8-19(3)4)14-6-5-7-15(11-14)17-13(2)21/h5-7,10-11H,8-9H2,1-4H3,(H,17,21). The summed E-state index contributed by atoms with van der Waals surface area (Å²) in [6, 6.07) is 9.91. The van der Waals surface area contributed by atoms with Crippen LogP contribution in [-0.2, 0) is 11.3 Å². The number of aromatic nitrogens is 2. The van der Waals surface area contributed by atoms with Gasteiger partial charge in [-0.25, -0.2) is 0 Å². The molecule has 0 saturated carbocycles. The lowest BCUT2D eigenvalue weighted by Crippen LogP contribution is -2.19. The van der Waals surface area contributed by atoms with E-state index in [1.54, 1.807) is 0 Å². The summed E-state index contributed by atoms with van der Waals surface area (Å²) in [7, 11) is 4.10. The van der Waals surface area contributed by atoms with Crippen molar-refractivity contribution in [3.05, 3.63) is 36.0 Å². The monoisotopic (exact) mass is 286 g/mol. The van der Waals surface area contributed by atoms with Crippen molar-refractivity contribution in [2.24, 2.45) is 0 Å². The zero-order valence-electron chi connectivity index (χ0n) is 13.1. The van der Waals surface area contributed by atoms with Crippen LogP contribution in [0.15, 0.2) is 30.3 Å². The lowest BCUT2D eigenvalue weighted by molar-refractivity contribution is -0.114. The van der Waals surface area contributed by atoms with E-state index in [0.29, 0.717) is 0 Å². The molecule has 1 heterocycles. The lowest BCUT2D eigenvalue weighted by atomic mass is 10.1. The van der Waals surface area contributed by atoms with Crippen molar-refractivity contribution in [1.29, 1.82) is 0 Å². The summed E-state index contributed by atoms with van der Waals surface area (Å²) >= 11 is 0. The molecule has 0 saturated heterocycles. The van der Waals surface area contributed by atoms with Crippen molar-refractivity contribution in [2.75, 3.05) is 26.0 Å². The first-order valence-electron chi connectivity index (χ1n) is 7.03. The molecule has 0 unspecified atom stereocenters. The molecule has 5 heteroatoms. The summed E-state index contributed by atoms with van der Waals surface area (Å²) in [6.45, 7) is 5.27. The Hall–Kier alpha value is -2.14. The lowest BCUT2D eigenvalue weighted by Gasteiger charge is -2.12.